The fourth-order valence-electron chi connectivity index (χ4n) is 3.53. The average Bonchev–Trinajstić information content (AvgIpc) is 2.40. The molecule has 1 rings (SSSR count). The van der Waals surface area contributed by atoms with Crippen molar-refractivity contribution in [3.63, 3.8) is 0 Å². The first-order valence-corrected chi connectivity index (χ1v) is 8.84. The number of ketones is 1. The molecule has 2 atom stereocenters. The summed E-state index contributed by atoms with van der Waals surface area (Å²) < 4.78 is 0. The van der Waals surface area contributed by atoms with Crippen LogP contribution in [0.1, 0.15) is 57.8 Å². The molecule has 0 saturated heterocycles. The lowest BCUT2D eigenvalue weighted by Crippen LogP contribution is -2.36. The molecule has 0 N–H and O–H groups in total. The summed E-state index contributed by atoms with van der Waals surface area (Å²) in [6.07, 6.45) is 11.3. The topological polar surface area (TPSA) is 23.6 Å². The first-order chi connectivity index (χ1) is 10.0. The van der Waals surface area contributed by atoms with Gasteiger partial charge in [0.15, 0.2) is 0 Å². The second-order valence-corrected chi connectivity index (χ2v) is 7.37. The van der Waals surface area contributed by atoms with E-state index in [1.54, 1.807) is 0 Å². The molecule has 1 aliphatic rings. The Morgan fingerprint density at radius 2 is 1.05 bits per heavy atom. The van der Waals surface area contributed by atoms with E-state index in [0.29, 0.717) is 5.78 Å². The highest BCUT2D eigenvalue weighted by Gasteiger charge is 2.27. The van der Waals surface area contributed by atoms with Crippen LogP contribution in [0.2, 0.25) is 0 Å². The number of nitrogens with zero attached hydrogens (tertiary/aromatic N) is 2. The van der Waals surface area contributed by atoms with Crippen molar-refractivity contribution in [3.8, 4) is 0 Å². The van der Waals surface area contributed by atoms with Crippen LogP contribution in [-0.2, 0) is 4.79 Å². The average molecular weight is 296 g/mol. The second-order valence-electron chi connectivity index (χ2n) is 7.37. The molecular weight excluding hydrogens is 260 g/mol. The molecule has 0 unspecified atom stereocenters. The molecule has 0 aliphatic heterocycles. The van der Waals surface area contributed by atoms with Gasteiger partial charge in [-0.15, -0.1) is 0 Å². The Hall–Kier alpha value is -0.410. The molecule has 21 heavy (non-hydrogen) atoms. The van der Waals surface area contributed by atoms with Crippen LogP contribution >= 0.6 is 0 Å². The van der Waals surface area contributed by atoms with Gasteiger partial charge in [0.1, 0.15) is 5.78 Å². The number of hydrogen-bond donors (Lipinski definition) is 0. The van der Waals surface area contributed by atoms with Gasteiger partial charge in [0, 0.05) is 24.9 Å². The zero-order valence-electron chi connectivity index (χ0n) is 14.7. The second kappa shape index (κ2) is 10.3. The van der Waals surface area contributed by atoms with Gasteiger partial charge in [-0.25, -0.2) is 0 Å². The van der Waals surface area contributed by atoms with E-state index in [9.17, 15) is 4.79 Å². The molecular formula is C18H36N2O. The van der Waals surface area contributed by atoms with E-state index in [1.165, 1.54) is 44.9 Å². The lowest BCUT2D eigenvalue weighted by molar-refractivity contribution is -0.128. The van der Waals surface area contributed by atoms with Gasteiger partial charge in [-0.3, -0.25) is 4.79 Å². The molecule has 0 radical (unpaired) electrons. The van der Waals surface area contributed by atoms with E-state index in [0.717, 1.165) is 25.9 Å². The maximum absolute atomic E-state index is 13.0. The summed E-state index contributed by atoms with van der Waals surface area (Å²) in [5.41, 5.74) is 0. The van der Waals surface area contributed by atoms with Crippen molar-refractivity contribution in [2.45, 2.75) is 57.8 Å². The maximum atomic E-state index is 13.0. The van der Waals surface area contributed by atoms with Gasteiger partial charge < -0.3 is 9.80 Å². The van der Waals surface area contributed by atoms with Crippen LogP contribution in [0.5, 0.6) is 0 Å². The maximum Gasteiger partial charge on any atom is 0.141 e. The van der Waals surface area contributed by atoms with Crippen molar-refractivity contribution < 1.29 is 4.79 Å². The molecule has 1 aliphatic carbocycles. The van der Waals surface area contributed by atoms with Crippen LogP contribution in [0, 0.1) is 11.8 Å². The van der Waals surface area contributed by atoms with Crippen molar-refractivity contribution in [3.05, 3.63) is 0 Å². The van der Waals surface area contributed by atoms with Crippen LogP contribution in [0.25, 0.3) is 0 Å². The number of Topliss-reactive ketones (excluding diaryl/α,β-unsaturated/α-hetero) is 1. The molecule has 3 nitrogen and oxygen atoms in total. The summed E-state index contributed by atoms with van der Waals surface area (Å²) in [6.45, 7) is 1.84. The molecule has 1 saturated carbocycles. The predicted molar refractivity (Wildman–Crippen MR) is 90.6 cm³/mol. The minimum atomic E-state index is 0.240. The third-order valence-corrected chi connectivity index (χ3v) is 4.58. The highest BCUT2D eigenvalue weighted by atomic mass is 16.1. The van der Waals surface area contributed by atoms with Crippen molar-refractivity contribution in [2.24, 2.45) is 11.8 Å². The van der Waals surface area contributed by atoms with Gasteiger partial charge in [0.2, 0.25) is 0 Å². The Kier molecular flexibility index (Phi) is 9.18. The molecule has 0 aromatic carbocycles. The zero-order valence-corrected chi connectivity index (χ0v) is 14.7. The molecule has 0 spiro atoms. The van der Waals surface area contributed by atoms with E-state index < -0.39 is 0 Å². The van der Waals surface area contributed by atoms with E-state index in [-0.39, 0.29) is 11.8 Å². The quantitative estimate of drug-likeness (QED) is 0.794. The fraction of sp³-hybridized carbons (Fsp3) is 0.944. The smallest absolute Gasteiger partial charge is 0.141 e. The Balaban J connectivity index is 2.72. The van der Waals surface area contributed by atoms with Crippen molar-refractivity contribution in [1.82, 2.24) is 9.80 Å². The highest BCUT2D eigenvalue weighted by molar-refractivity contribution is 5.83. The minimum Gasteiger partial charge on any atom is -0.309 e. The first-order valence-electron chi connectivity index (χ1n) is 8.84. The summed E-state index contributed by atoms with van der Waals surface area (Å²) in [7, 11) is 8.35. The molecule has 0 bridgehead atoms. The van der Waals surface area contributed by atoms with Crippen LogP contribution < -0.4 is 0 Å². The molecule has 1 fully saturated rings. The highest BCUT2D eigenvalue weighted by Crippen LogP contribution is 2.23. The van der Waals surface area contributed by atoms with Gasteiger partial charge in [0.05, 0.1) is 0 Å². The molecule has 0 aromatic heterocycles. The summed E-state index contributed by atoms with van der Waals surface area (Å²) in [5, 5.41) is 0. The van der Waals surface area contributed by atoms with E-state index in [4.69, 9.17) is 0 Å². The molecule has 124 valence electrons. The van der Waals surface area contributed by atoms with Crippen LogP contribution in [-0.4, -0.2) is 56.9 Å². The molecule has 0 aromatic rings. The van der Waals surface area contributed by atoms with Crippen LogP contribution in [0.3, 0.4) is 0 Å². The van der Waals surface area contributed by atoms with Crippen molar-refractivity contribution >= 4 is 5.78 Å². The zero-order chi connectivity index (χ0) is 15.7. The van der Waals surface area contributed by atoms with Gasteiger partial charge in [-0.1, -0.05) is 44.9 Å². The lowest BCUT2D eigenvalue weighted by atomic mass is 9.84. The van der Waals surface area contributed by atoms with Gasteiger partial charge in [-0.05, 0) is 41.0 Å². The number of rotatable bonds is 4. The SMILES string of the molecule is CN(C)C[C@H]1CCCCCCCCC[C@H](CN(C)C)C1=O. The third kappa shape index (κ3) is 7.96. The fourth-order valence-corrected chi connectivity index (χ4v) is 3.53. The largest absolute Gasteiger partial charge is 0.309 e. The first kappa shape index (κ1) is 18.6. The Labute approximate surface area is 132 Å². The monoisotopic (exact) mass is 296 g/mol. The number of carbonyl (C=O) groups is 1. The van der Waals surface area contributed by atoms with Crippen LogP contribution in [0.15, 0.2) is 0 Å². The molecule has 0 amide bonds. The Bertz CT molecular complexity index is 263. The van der Waals surface area contributed by atoms with Gasteiger partial charge in [0.25, 0.3) is 0 Å². The van der Waals surface area contributed by atoms with Gasteiger partial charge >= 0.3 is 0 Å². The number of hydrogen-bond acceptors (Lipinski definition) is 3. The normalized spacial score (nSPS) is 26.7. The van der Waals surface area contributed by atoms with Crippen molar-refractivity contribution in [2.75, 3.05) is 41.3 Å². The lowest BCUT2D eigenvalue weighted by Gasteiger charge is -2.27. The van der Waals surface area contributed by atoms with E-state index >= 15 is 0 Å². The van der Waals surface area contributed by atoms with E-state index in [2.05, 4.69) is 38.0 Å². The summed E-state index contributed by atoms with van der Waals surface area (Å²) in [6, 6.07) is 0. The minimum absolute atomic E-state index is 0.240. The molecule has 0 heterocycles. The summed E-state index contributed by atoms with van der Waals surface area (Å²) in [4.78, 5) is 17.3. The van der Waals surface area contributed by atoms with E-state index in [1.807, 2.05) is 0 Å². The predicted octanol–water partition coefficient (Wildman–Crippen LogP) is 3.44. The van der Waals surface area contributed by atoms with Crippen LogP contribution in [0.4, 0.5) is 0 Å². The standard InChI is InChI=1S/C18H36N2O/c1-19(2)14-16-12-10-8-6-5-7-9-11-13-17(18(16)21)15-20(3)4/h16-17H,5-15H2,1-4H3/t16-,17-/m1/s1. The summed E-state index contributed by atoms with van der Waals surface area (Å²) >= 11 is 0. The Morgan fingerprint density at radius 1 is 0.714 bits per heavy atom. The van der Waals surface area contributed by atoms with Gasteiger partial charge in [-0.2, -0.15) is 0 Å². The molecule has 3 heteroatoms. The van der Waals surface area contributed by atoms with Crippen molar-refractivity contribution in [1.29, 1.82) is 0 Å². The summed E-state index contributed by atoms with van der Waals surface area (Å²) in [5.74, 6) is 1.01. The third-order valence-electron chi connectivity index (χ3n) is 4.58. The number of carbonyl (C=O) groups excluding carboxylic acids is 1. The Morgan fingerprint density at radius 3 is 1.38 bits per heavy atom.